The predicted molar refractivity (Wildman–Crippen MR) is 142 cm³/mol. The van der Waals surface area contributed by atoms with Crippen molar-refractivity contribution in [3.63, 3.8) is 0 Å². The number of halogens is 1. The number of piperidine rings is 1. The Kier molecular flexibility index (Phi) is 6.98. The summed E-state index contributed by atoms with van der Waals surface area (Å²) in [6, 6.07) is 13.9. The van der Waals surface area contributed by atoms with Gasteiger partial charge in [-0.1, -0.05) is 24.3 Å². The molecular formula is C25H23FN4O3S3. The maximum Gasteiger partial charge on any atom is 0.280 e. The Morgan fingerprint density at radius 1 is 1.22 bits per heavy atom. The Balaban J connectivity index is 1.46. The molecule has 7 nitrogen and oxygen atoms in total. The standard InChI is InChI=1S/C25H23FN4O3S3/c1-17-4-2-12-29(16-17)36(32,33)21-9-6-18(7-10-21)24(31)30(27-15-20-5-3-13-34-20)25-28-22-11-8-19(26)14-23(22)35-25/h3,5-11,13-15,17H,2,4,12,16H2,1H3/b27-15+. The molecule has 1 atom stereocenters. The van der Waals surface area contributed by atoms with Gasteiger partial charge in [-0.05, 0) is 72.7 Å². The van der Waals surface area contributed by atoms with Crippen LogP contribution in [0.5, 0.6) is 0 Å². The minimum Gasteiger partial charge on any atom is -0.267 e. The second-order valence-corrected chi connectivity index (χ2v) is 12.5. The number of carbonyl (C=O) groups is 1. The molecular weight excluding hydrogens is 519 g/mol. The Morgan fingerprint density at radius 2 is 2.03 bits per heavy atom. The molecule has 5 rings (SSSR count). The second-order valence-electron chi connectivity index (χ2n) is 8.62. The quantitative estimate of drug-likeness (QED) is 0.235. The van der Waals surface area contributed by atoms with Crippen molar-refractivity contribution in [2.24, 2.45) is 11.0 Å². The van der Waals surface area contributed by atoms with Crippen LogP contribution in [0.4, 0.5) is 9.52 Å². The number of hydrogen-bond donors (Lipinski definition) is 0. The number of thiazole rings is 1. The Labute approximate surface area is 216 Å². The van der Waals surface area contributed by atoms with E-state index in [0.29, 0.717) is 29.2 Å². The number of hydrogen-bond acceptors (Lipinski definition) is 7. The number of sulfonamides is 1. The van der Waals surface area contributed by atoms with Crippen LogP contribution in [0, 0.1) is 11.7 Å². The fourth-order valence-electron chi connectivity index (χ4n) is 4.05. The van der Waals surface area contributed by atoms with Gasteiger partial charge in [0.1, 0.15) is 5.82 Å². The number of thiophene rings is 1. The predicted octanol–water partition coefficient (Wildman–Crippen LogP) is 5.60. The highest BCUT2D eigenvalue weighted by molar-refractivity contribution is 7.89. The third kappa shape index (κ3) is 5.10. The Bertz CT molecular complexity index is 1520. The van der Waals surface area contributed by atoms with Crippen LogP contribution in [0.3, 0.4) is 0 Å². The molecule has 0 saturated carbocycles. The van der Waals surface area contributed by atoms with Gasteiger partial charge in [-0.15, -0.1) is 11.3 Å². The summed E-state index contributed by atoms with van der Waals surface area (Å²) in [5.74, 6) is -0.554. The van der Waals surface area contributed by atoms with Crippen LogP contribution < -0.4 is 5.01 Å². The molecule has 2 aromatic heterocycles. The average molecular weight is 543 g/mol. The number of nitrogens with zero attached hydrogens (tertiary/aromatic N) is 4. The van der Waals surface area contributed by atoms with Gasteiger partial charge in [0.25, 0.3) is 5.91 Å². The lowest BCUT2D eigenvalue weighted by atomic mass is 10.0. The van der Waals surface area contributed by atoms with E-state index in [1.807, 2.05) is 24.4 Å². The van der Waals surface area contributed by atoms with Gasteiger partial charge in [0.15, 0.2) is 0 Å². The van der Waals surface area contributed by atoms with Gasteiger partial charge in [-0.25, -0.2) is 17.8 Å². The van der Waals surface area contributed by atoms with Crippen molar-refractivity contribution in [3.05, 3.63) is 76.2 Å². The Morgan fingerprint density at radius 3 is 2.75 bits per heavy atom. The van der Waals surface area contributed by atoms with Gasteiger partial charge >= 0.3 is 0 Å². The molecule has 1 unspecified atom stereocenters. The molecule has 0 bridgehead atoms. The number of hydrazone groups is 1. The third-order valence-electron chi connectivity index (χ3n) is 5.92. The monoisotopic (exact) mass is 542 g/mol. The molecule has 1 amide bonds. The molecule has 186 valence electrons. The number of anilines is 1. The minimum absolute atomic E-state index is 0.150. The van der Waals surface area contributed by atoms with Crippen molar-refractivity contribution >= 4 is 60.2 Å². The van der Waals surface area contributed by atoms with Crippen molar-refractivity contribution in [2.45, 2.75) is 24.7 Å². The molecule has 0 N–H and O–H groups in total. The number of rotatable bonds is 6. The van der Waals surface area contributed by atoms with Crippen molar-refractivity contribution in [3.8, 4) is 0 Å². The van der Waals surface area contributed by atoms with Crippen LogP contribution in [0.1, 0.15) is 35.0 Å². The van der Waals surface area contributed by atoms with Gasteiger partial charge in [0.2, 0.25) is 15.2 Å². The number of amides is 1. The first-order valence-corrected chi connectivity index (χ1v) is 14.5. The summed E-state index contributed by atoms with van der Waals surface area (Å²) in [7, 11) is -3.64. The highest BCUT2D eigenvalue weighted by Crippen LogP contribution is 2.31. The van der Waals surface area contributed by atoms with Crippen molar-refractivity contribution in [1.82, 2.24) is 9.29 Å². The second kappa shape index (κ2) is 10.2. The van der Waals surface area contributed by atoms with Crippen LogP contribution in [0.15, 0.2) is 70.0 Å². The fourth-order valence-corrected chi connectivity index (χ4v) is 7.18. The maximum atomic E-state index is 13.7. The summed E-state index contributed by atoms with van der Waals surface area (Å²) in [6.07, 6.45) is 3.41. The van der Waals surface area contributed by atoms with Gasteiger partial charge in [0, 0.05) is 23.5 Å². The van der Waals surface area contributed by atoms with Gasteiger partial charge < -0.3 is 0 Å². The lowest BCUT2D eigenvalue weighted by Gasteiger charge is -2.30. The smallest absolute Gasteiger partial charge is 0.267 e. The number of fused-ring (bicyclic) bond motifs is 1. The number of carbonyl (C=O) groups excluding carboxylic acids is 1. The molecule has 11 heteroatoms. The molecule has 1 saturated heterocycles. The van der Waals surface area contributed by atoms with Crippen LogP contribution in [-0.2, 0) is 10.0 Å². The van der Waals surface area contributed by atoms with Crippen molar-refractivity contribution in [1.29, 1.82) is 0 Å². The summed E-state index contributed by atoms with van der Waals surface area (Å²) >= 11 is 2.61. The summed E-state index contributed by atoms with van der Waals surface area (Å²) in [6.45, 7) is 3.04. The first-order valence-electron chi connectivity index (χ1n) is 11.4. The van der Waals surface area contributed by atoms with E-state index in [9.17, 15) is 17.6 Å². The average Bonchev–Trinajstić information content (AvgIpc) is 3.54. The zero-order valence-electron chi connectivity index (χ0n) is 19.4. The molecule has 1 fully saturated rings. The van der Waals surface area contributed by atoms with Crippen molar-refractivity contribution < 1.29 is 17.6 Å². The lowest BCUT2D eigenvalue weighted by Crippen LogP contribution is -2.39. The summed E-state index contributed by atoms with van der Waals surface area (Å²) in [5, 5.41) is 7.73. The van der Waals surface area contributed by atoms with Crippen LogP contribution >= 0.6 is 22.7 Å². The fraction of sp³-hybridized carbons (Fsp3) is 0.240. The van der Waals surface area contributed by atoms with E-state index in [0.717, 1.165) is 34.1 Å². The number of aromatic nitrogens is 1. The molecule has 0 radical (unpaired) electrons. The lowest BCUT2D eigenvalue weighted by molar-refractivity contribution is 0.0987. The summed E-state index contributed by atoms with van der Waals surface area (Å²) in [4.78, 5) is 19.0. The van der Waals surface area contributed by atoms with Gasteiger partial charge in [-0.2, -0.15) is 14.4 Å². The normalized spacial score (nSPS) is 17.1. The largest absolute Gasteiger partial charge is 0.280 e. The molecule has 36 heavy (non-hydrogen) atoms. The minimum atomic E-state index is -3.64. The maximum absolute atomic E-state index is 13.7. The van der Waals surface area contributed by atoms with Crippen LogP contribution in [0.25, 0.3) is 10.2 Å². The molecule has 0 spiro atoms. The van der Waals surface area contributed by atoms with Gasteiger partial charge in [-0.3, -0.25) is 4.79 Å². The van der Waals surface area contributed by atoms with E-state index < -0.39 is 21.7 Å². The topological polar surface area (TPSA) is 82.9 Å². The summed E-state index contributed by atoms with van der Waals surface area (Å²) in [5.41, 5.74) is 0.812. The molecule has 2 aromatic carbocycles. The SMILES string of the molecule is CC1CCCN(S(=O)(=O)c2ccc(C(=O)N(/N=C/c3cccs3)c3nc4ccc(F)cc4s3)cc2)C1. The van der Waals surface area contributed by atoms with E-state index in [4.69, 9.17) is 0 Å². The van der Waals surface area contributed by atoms with E-state index >= 15 is 0 Å². The molecule has 1 aliphatic rings. The highest BCUT2D eigenvalue weighted by atomic mass is 32.2. The van der Waals surface area contributed by atoms with Crippen LogP contribution in [-0.4, -0.2) is 42.9 Å². The zero-order valence-corrected chi connectivity index (χ0v) is 21.8. The molecule has 4 aromatic rings. The first kappa shape index (κ1) is 24.7. The summed E-state index contributed by atoms with van der Waals surface area (Å²) < 4.78 is 42.0. The van der Waals surface area contributed by atoms with Crippen LogP contribution in [0.2, 0.25) is 0 Å². The van der Waals surface area contributed by atoms with Crippen molar-refractivity contribution in [2.75, 3.05) is 18.1 Å². The van der Waals surface area contributed by atoms with Gasteiger partial charge in [0.05, 0.1) is 21.3 Å². The van der Waals surface area contributed by atoms with E-state index in [-0.39, 0.29) is 15.6 Å². The van der Waals surface area contributed by atoms with E-state index in [1.54, 1.807) is 12.3 Å². The molecule has 0 aliphatic carbocycles. The zero-order chi connectivity index (χ0) is 25.3. The highest BCUT2D eigenvalue weighted by Gasteiger charge is 2.29. The number of benzene rings is 2. The Hall–Kier alpha value is -2.99. The molecule has 3 heterocycles. The van der Waals surface area contributed by atoms with E-state index in [1.165, 1.54) is 52.0 Å². The van der Waals surface area contributed by atoms with E-state index in [2.05, 4.69) is 10.1 Å². The first-order chi connectivity index (χ1) is 17.3. The molecule has 1 aliphatic heterocycles. The third-order valence-corrected chi connectivity index (χ3v) is 9.60.